The molecule has 2 heteroatoms. The number of piperidine rings is 2. The maximum atomic E-state index is 3.74. The Bertz CT molecular complexity index is 189. The Morgan fingerprint density at radius 1 is 1.20 bits per heavy atom. The number of hydrogen-bond donors (Lipinski definition) is 1. The highest BCUT2D eigenvalue weighted by molar-refractivity contribution is 4.93. The van der Waals surface area contributed by atoms with Crippen LogP contribution in [0, 0.1) is 5.92 Å². The van der Waals surface area contributed by atoms with Crippen molar-refractivity contribution in [2.45, 2.75) is 64.1 Å². The highest BCUT2D eigenvalue weighted by Crippen LogP contribution is 2.32. The maximum Gasteiger partial charge on any atom is 0.0110 e. The molecule has 0 aromatic rings. The average molecular weight is 210 g/mol. The molecular weight excluding hydrogens is 184 g/mol. The maximum absolute atomic E-state index is 3.74. The molecule has 2 aliphatic heterocycles. The predicted octanol–water partition coefficient (Wildman–Crippen LogP) is 2.25. The fraction of sp³-hybridized carbons (Fsp3) is 1.00. The summed E-state index contributed by atoms with van der Waals surface area (Å²) in [6, 6.07) is 2.52. The van der Waals surface area contributed by atoms with Crippen molar-refractivity contribution in [3.63, 3.8) is 0 Å². The van der Waals surface area contributed by atoms with Gasteiger partial charge in [-0.25, -0.2) is 0 Å². The molecule has 0 unspecified atom stereocenters. The minimum atomic E-state index is 0.782. The van der Waals surface area contributed by atoms with Crippen molar-refractivity contribution in [1.82, 2.24) is 10.2 Å². The number of fused-ring (bicyclic) bond motifs is 2. The zero-order valence-corrected chi connectivity index (χ0v) is 10.5. The van der Waals surface area contributed by atoms with Gasteiger partial charge in [0, 0.05) is 18.1 Å². The third-order valence-corrected chi connectivity index (χ3v) is 4.15. The lowest BCUT2D eigenvalue weighted by atomic mass is 9.82. The molecule has 0 radical (unpaired) electrons. The summed E-state index contributed by atoms with van der Waals surface area (Å²) in [6.07, 6.45) is 7.05. The second kappa shape index (κ2) is 4.84. The second-order valence-corrected chi connectivity index (χ2v) is 5.87. The Labute approximate surface area is 94.4 Å². The predicted molar refractivity (Wildman–Crippen MR) is 65.1 cm³/mol. The van der Waals surface area contributed by atoms with Crippen LogP contribution in [-0.2, 0) is 0 Å². The molecule has 0 aromatic heterocycles. The van der Waals surface area contributed by atoms with Gasteiger partial charge in [0.25, 0.3) is 0 Å². The Kier molecular flexibility index (Phi) is 3.68. The van der Waals surface area contributed by atoms with E-state index in [1.165, 1.54) is 38.6 Å². The standard InChI is InChI=1S/C13H26N2/c1-10(2)9-14-11-7-12-5-4-6-13(8-11)15(12)3/h10-14H,4-9H2,1-3H3/t12-,13-/m1/s1. The molecular formula is C13H26N2. The molecule has 2 atom stereocenters. The molecule has 1 N–H and O–H groups in total. The van der Waals surface area contributed by atoms with Crippen LogP contribution in [-0.4, -0.2) is 36.6 Å². The number of nitrogens with zero attached hydrogens (tertiary/aromatic N) is 1. The summed E-state index contributed by atoms with van der Waals surface area (Å²) < 4.78 is 0. The van der Waals surface area contributed by atoms with E-state index in [4.69, 9.17) is 0 Å². The SMILES string of the molecule is CC(C)CNC1C[C@H]2CCC[C@H](C1)N2C. The van der Waals surface area contributed by atoms with Gasteiger partial charge in [0.15, 0.2) is 0 Å². The number of nitrogens with one attached hydrogen (secondary N) is 1. The van der Waals surface area contributed by atoms with Gasteiger partial charge in [-0.2, -0.15) is 0 Å². The van der Waals surface area contributed by atoms with Gasteiger partial charge in [0.2, 0.25) is 0 Å². The van der Waals surface area contributed by atoms with E-state index in [2.05, 4.69) is 31.1 Å². The second-order valence-electron chi connectivity index (χ2n) is 5.87. The molecule has 2 aliphatic rings. The highest BCUT2D eigenvalue weighted by atomic mass is 15.2. The zero-order valence-electron chi connectivity index (χ0n) is 10.5. The lowest BCUT2D eigenvalue weighted by molar-refractivity contribution is 0.0480. The normalized spacial score (nSPS) is 37.2. The van der Waals surface area contributed by atoms with E-state index in [9.17, 15) is 0 Å². The molecule has 0 amide bonds. The smallest absolute Gasteiger partial charge is 0.0110 e. The van der Waals surface area contributed by atoms with Crippen molar-refractivity contribution in [2.24, 2.45) is 5.92 Å². The van der Waals surface area contributed by atoms with E-state index in [-0.39, 0.29) is 0 Å². The van der Waals surface area contributed by atoms with Gasteiger partial charge < -0.3 is 10.2 Å². The first-order chi connectivity index (χ1) is 7.16. The molecule has 15 heavy (non-hydrogen) atoms. The van der Waals surface area contributed by atoms with Gasteiger partial charge in [-0.05, 0) is 45.2 Å². The van der Waals surface area contributed by atoms with E-state index in [1.54, 1.807) is 0 Å². The van der Waals surface area contributed by atoms with Gasteiger partial charge in [-0.3, -0.25) is 0 Å². The molecule has 2 heterocycles. The van der Waals surface area contributed by atoms with Crippen LogP contribution in [0.4, 0.5) is 0 Å². The van der Waals surface area contributed by atoms with Crippen LogP contribution in [0.2, 0.25) is 0 Å². The van der Waals surface area contributed by atoms with Crippen LogP contribution in [0.1, 0.15) is 46.0 Å². The molecule has 0 spiro atoms. The van der Waals surface area contributed by atoms with Gasteiger partial charge in [-0.1, -0.05) is 20.3 Å². The fourth-order valence-corrected chi connectivity index (χ4v) is 3.18. The summed E-state index contributed by atoms with van der Waals surface area (Å²) in [6.45, 7) is 5.78. The van der Waals surface area contributed by atoms with Crippen LogP contribution >= 0.6 is 0 Å². The van der Waals surface area contributed by atoms with E-state index < -0.39 is 0 Å². The topological polar surface area (TPSA) is 15.3 Å². The van der Waals surface area contributed by atoms with Crippen molar-refractivity contribution in [1.29, 1.82) is 0 Å². The van der Waals surface area contributed by atoms with E-state index >= 15 is 0 Å². The number of rotatable bonds is 3. The molecule has 2 fully saturated rings. The van der Waals surface area contributed by atoms with Gasteiger partial charge in [0.1, 0.15) is 0 Å². The lowest BCUT2D eigenvalue weighted by Gasteiger charge is -2.47. The van der Waals surface area contributed by atoms with E-state index in [0.717, 1.165) is 24.0 Å². The van der Waals surface area contributed by atoms with E-state index in [0.29, 0.717) is 0 Å². The summed E-state index contributed by atoms with van der Waals surface area (Å²) in [5.41, 5.74) is 0. The molecule has 2 nitrogen and oxygen atoms in total. The van der Waals surface area contributed by atoms with Crippen LogP contribution < -0.4 is 5.32 Å². The lowest BCUT2D eigenvalue weighted by Crippen LogP contribution is -2.54. The van der Waals surface area contributed by atoms with Gasteiger partial charge >= 0.3 is 0 Å². The molecule has 2 bridgehead atoms. The third kappa shape index (κ3) is 2.73. The van der Waals surface area contributed by atoms with Crippen LogP contribution in [0.25, 0.3) is 0 Å². The zero-order chi connectivity index (χ0) is 10.8. The first kappa shape index (κ1) is 11.4. The third-order valence-electron chi connectivity index (χ3n) is 4.15. The van der Waals surface area contributed by atoms with Crippen LogP contribution in [0.5, 0.6) is 0 Å². The minimum absolute atomic E-state index is 0.782. The van der Waals surface area contributed by atoms with Crippen molar-refractivity contribution in [3.05, 3.63) is 0 Å². The summed E-state index contributed by atoms with van der Waals surface area (Å²) in [5, 5.41) is 3.74. The molecule has 0 saturated carbocycles. The van der Waals surface area contributed by atoms with Gasteiger partial charge in [0.05, 0.1) is 0 Å². The summed E-state index contributed by atoms with van der Waals surface area (Å²) in [4.78, 5) is 2.64. The van der Waals surface area contributed by atoms with Gasteiger partial charge in [-0.15, -0.1) is 0 Å². The average Bonchev–Trinajstić information content (AvgIpc) is 2.15. The Balaban J connectivity index is 1.84. The molecule has 88 valence electrons. The quantitative estimate of drug-likeness (QED) is 0.768. The highest BCUT2D eigenvalue weighted by Gasteiger charge is 2.35. The van der Waals surface area contributed by atoms with Crippen molar-refractivity contribution in [3.8, 4) is 0 Å². The Morgan fingerprint density at radius 3 is 2.33 bits per heavy atom. The summed E-state index contributed by atoms with van der Waals surface area (Å²) in [7, 11) is 2.33. The summed E-state index contributed by atoms with van der Waals surface area (Å²) in [5.74, 6) is 0.782. The first-order valence-corrected chi connectivity index (χ1v) is 6.62. The Morgan fingerprint density at radius 2 is 1.80 bits per heavy atom. The van der Waals surface area contributed by atoms with Crippen LogP contribution in [0.3, 0.4) is 0 Å². The molecule has 2 saturated heterocycles. The summed E-state index contributed by atoms with van der Waals surface area (Å²) >= 11 is 0. The monoisotopic (exact) mass is 210 g/mol. The molecule has 2 rings (SSSR count). The minimum Gasteiger partial charge on any atom is -0.314 e. The van der Waals surface area contributed by atoms with Crippen molar-refractivity contribution in [2.75, 3.05) is 13.6 Å². The van der Waals surface area contributed by atoms with Crippen molar-refractivity contribution < 1.29 is 0 Å². The van der Waals surface area contributed by atoms with Crippen molar-refractivity contribution >= 4 is 0 Å². The number of hydrogen-bond acceptors (Lipinski definition) is 2. The molecule has 0 aromatic carbocycles. The first-order valence-electron chi connectivity index (χ1n) is 6.62. The van der Waals surface area contributed by atoms with E-state index in [1.807, 2.05) is 0 Å². The largest absolute Gasteiger partial charge is 0.314 e. The fourth-order valence-electron chi connectivity index (χ4n) is 3.18. The molecule has 0 aliphatic carbocycles. The van der Waals surface area contributed by atoms with Crippen LogP contribution in [0.15, 0.2) is 0 Å². The Hall–Kier alpha value is -0.0800.